The number of esters is 2. The third-order valence-corrected chi connectivity index (χ3v) is 17.2. The van der Waals surface area contributed by atoms with E-state index in [0.29, 0.717) is 36.4 Å². The summed E-state index contributed by atoms with van der Waals surface area (Å²) in [4.78, 5) is 57.1. The molecule has 0 bridgehead atoms. The van der Waals surface area contributed by atoms with Crippen LogP contribution in [0.3, 0.4) is 0 Å². The lowest BCUT2D eigenvalue weighted by molar-refractivity contribution is -0.219. The summed E-state index contributed by atoms with van der Waals surface area (Å²) in [7, 11) is 4.15. The second kappa shape index (κ2) is 16.8. The van der Waals surface area contributed by atoms with Crippen molar-refractivity contribution < 1.29 is 33.8 Å². The minimum absolute atomic E-state index is 0.0179. The van der Waals surface area contributed by atoms with E-state index in [-0.39, 0.29) is 58.3 Å². The summed E-state index contributed by atoms with van der Waals surface area (Å²) in [5.74, 6) is -0.194. The van der Waals surface area contributed by atoms with E-state index in [1.54, 1.807) is 13.8 Å². The number of Topliss-reactive ketones (excluding diaryl/α,β-unsaturated/α-hetero) is 1. The Kier molecular flexibility index (Phi) is 13.1. The molecule has 0 aromatic heterocycles. The van der Waals surface area contributed by atoms with Crippen LogP contribution in [0.25, 0.3) is 0 Å². The number of halogens is 1. The van der Waals surface area contributed by atoms with Crippen LogP contribution in [0.1, 0.15) is 132 Å². The highest BCUT2D eigenvalue weighted by molar-refractivity contribution is 6.30. The van der Waals surface area contributed by atoms with E-state index >= 15 is 0 Å². The average molecular weight is 838 g/mol. The molecule has 9 nitrogen and oxygen atoms in total. The quantitative estimate of drug-likeness (QED) is 0.183. The molecular weight excluding hydrogens is 764 g/mol. The molecular formula is C49H73ClN2O7. The van der Waals surface area contributed by atoms with Crippen LogP contribution in [-0.2, 0) is 35.2 Å². The van der Waals surface area contributed by atoms with Crippen molar-refractivity contribution in [3.63, 3.8) is 0 Å². The number of ether oxygens (including phenoxy) is 2. The Bertz CT molecular complexity index is 1820. The van der Waals surface area contributed by atoms with Crippen LogP contribution < -0.4 is 0 Å². The zero-order valence-electron chi connectivity index (χ0n) is 37.9. The zero-order valence-corrected chi connectivity index (χ0v) is 38.7. The van der Waals surface area contributed by atoms with Gasteiger partial charge in [0.15, 0.2) is 5.78 Å². The number of carbonyl (C=O) groups is 4. The molecule has 0 heterocycles. The number of hydrogen-bond donors (Lipinski definition) is 1. The molecule has 328 valence electrons. The number of rotatable bonds is 14. The maximum Gasteiger partial charge on any atom is 0.309 e. The molecule has 4 saturated carbocycles. The van der Waals surface area contributed by atoms with E-state index < -0.39 is 28.9 Å². The van der Waals surface area contributed by atoms with Gasteiger partial charge in [-0.05, 0) is 154 Å². The Morgan fingerprint density at radius 1 is 0.983 bits per heavy atom. The first kappa shape index (κ1) is 45.8. The standard InChI is InChI=1S/C49H73ClN2O7/c1-30(2)42-37(54)26-49(40(58-32(4)53)29-52(24-23-51(10)11)28-33-13-12-14-34(50)25-33)22-21-47(8)36(43(42)49)15-16-39-46(7)19-18-38(31(3)35(46)17-20-48(39,47)9)59-41(55)27-45(5,6)44(56)57/h12-14,25,30-31,35-36,38-40H,15-24,26-29H2,1-11H3,(H,56,57)/t31-,35+,36-,38+,39-,40-,46+,47-,48-,49+/m1/s1. The van der Waals surface area contributed by atoms with Crippen LogP contribution >= 0.6 is 11.6 Å². The molecule has 10 heteroatoms. The fourth-order valence-corrected chi connectivity index (χ4v) is 13.9. The molecule has 5 aliphatic carbocycles. The van der Waals surface area contributed by atoms with E-state index in [0.717, 1.165) is 75.6 Å². The Balaban J connectivity index is 1.32. The summed E-state index contributed by atoms with van der Waals surface area (Å²) in [6.45, 7) is 21.7. The van der Waals surface area contributed by atoms with Crippen molar-refractivity contribution in [3.8, 4) is 0 Å². The number of ketones is 1. The van der Waals surface area contributed by atoms with Crippen molar-refractivity contribution >= 4 is 35.3 Å². The number of carbonyl (C=O) groups excluding carboxylic acids is 3. The van der Waals surface area contributed by atoms with Gasteiger partial charge >= 0.3 is 17.9 Å². The summed E-state index contributed by atoms with van der Waals surface area (Å²) >= 11 is 6.46. The number of carboxylic acid groups (broad SMARTS) is 1. The predicted octanol–water partition coefficient (Wildman–Crippen LogP) is 9.64. The first-order valence-electron chi connectivity index (χ1n) is 22.5. The molecule has 0 aliphatic heterocycles. The molecule has 1 aromatic rings. The van der Waals surface area contributed by atoms with Gasteiger partial charge in [0.25, 0.3) is 0 Å². The fraction of sp³-hybridized carbons (Fsp3) is 0.755. The van der Waals surface area contributed by atoms with Gasteiger partial charge in [-0.2, -0.15) is 0 Å². The van der Waals surface area contributed by atoms with Crippen molar-refractivity contribution in [3.05, 3.63) is 46.0 Å². The van der Waals surface area contributed by atoms with Gasteiger partial charge in [0.05, 0.1) is 11.8 Å². The minimum atomic E-state index is -1.17. The molecule has 0 saturated heterocycles. The summed E-state index contributed by atoms with van der Waals surface area (Å²) in [6, 6.07) is 7.98. The lowest BCUT2D eigenvalue weighted by atomic mass is 9.33. The lowest BCUT2D eigenvalue weighted by Crippen LogP contribution is -2.65. The molecule has 5 aliphatic rings. The topological polar surface area (TPSA) is 113 Å². The van der Waals surface area contributed by atoms with Gasteiger partial charge < -0.3 is 19.5 Å². The van der Waals surface area contributed by atoms with Gasteiger partial charge in [0.2, 0.25) is 0 Å². The fourth-order valence-electron chi connectivity index (χ4n) is 13.7. The van der Waals surface area contributed by atoms with Crippen molar-refractivity contribution in [1.82, 2.24) is 9.80 Å². The summed E-state index contributed by atoms with van der Waals surface area (Å²) in [5.41, 5.74) is 1.67. The summed E-state index contributed by atoms with van der Waals surface area (Å²) < 4.78 is 12.6. The molecule has 6 rings (SSSR count). The van der Waals surface area contributed by atoms with E-state index in [4.69, 9.17) is 21.1 Å². The average Bonchev–Trinajstić information content (AvgIpc) is 3.44. The third-order valence-electron chi connectivity index (χ3n) is 17.0. The van der Waals surface area contributed by atoms with Crippen LogP contribution in [0.4, 0.5) is 0 Å². The van der Waals surface area contributed by atoms with Gasteiger partial charge in [-0.15, -0.1) is 0 Å². The van der Waals surface area contributed by atoms with Crippen LogP contribution in [0.15, 0.2) is 35.4 Å². The molecule has 0 amide bonds. The maximum atomic E-state index is 14.5. The molecule has 0 unspecified atom stereocenters. The smallest absolute Gasteiger partial charge is 0.309 e. The number of fused-ring (bicyclic) bond motifs is 7. The largest absolute Gasteiger partial charge is 0.481 e. The third kappa shape index (κ3) is 8.32. The highest BCUT2D eigenvalue weighted by atomic mass is 35.5. The van der Waals surface area contributed by atoms with Gasteiger partial charge in [0.1, 0.15) is 12.2 Å². The molecule has 4 fully saturated rings. The van der Waals surface area contributed by atoms with Crippen molar-refractivity contribution in [2.75, 3.05) is 33.7 Å². The van der Waals surface area contributed by atoms with E-state index in [1.807, 2.05) is 18.2 Å². The Morgan fingerprint density at radius 3 is 2.32 bits per heavy atom. The predicted molar refractivity (Wildman–Crippen MR) is 232 cm³/mol. The summed E-state index contributed by atoms with van der Waals surface area (Å²) in [5, 5.41) is 10.3. The number of allylic oxidation sites excluding steroid dienone is 1. The highest BCUT2D eigenvalue weighted by Crippen LogP contribution is 2.76. The van der Waals surface area contributed by atoms with Crippen molar-refractivity contribution in [2.24, 2.45) is 56.7 Å². The first-order chi connectivity index (χ1) is 27.5. The van der Waals surface area contributed by atoms with Gasteiger partial charge in [-0.1, -0.05) is 65.3 Å². The van der Waals surface area contributed by atoms with E-state index in [1.165, 1.54) is 12.5 Å². The molecule has 1 aromatic carbocycles. The Hall–Kier alpha value is -2.75. The van der Waals surface area contributed by atoms with Crippen LogP contribution in [0.2, 0.25) is 5.02 Å². The summed E-state index contributed by atoms with van der Waals surface area (Å²) in [6.07, 6.45) is 7.25. The number of nitrogens with zero attached hydrogens (tertiary/aromatic N) is 2. The lowest BCUT2D eigenvalue weighted by Gasteiger charge is -2.71. The van der Waals surface area contributed by atoms with Crippen LogP contribution in [0, 0.1) is 56.7 Å². The molecule has 10 atom stereocenters. The van der Waals surface area contributed by atoms with Gasteiger partial charge in [-0.3, -0.25) is 24.1 Å². The SMILES string of the molecule is CC(=O)O[C@H](CN(CCN(C)C)Cc1cccc(Cl)c1)[C@@]12CC[C@]3(C)[C@H](CC[C@@H]4[C@@]5(C)CC[C@H](OC(=O)CC(C)(C)C(=O)O)[C@H](C)[C@@H]5CC[C@]43C)C1=C(C(C)C)C(=O)C2. The molecule has 1 N–H and O–H groups in total. The highest BCUT2D eigenvalue weighted by Gasteiger charge is 2.70. The second-order valence-electron chi connectivity index (χ2n) is 21.5. The zero-order chi connectivity index (χ0) is 43.5. The van der Waals surface area contributed by atoms with Crippen molar-refractivity contribution in [1.29, 1.82) is 0 Å². The van der Waals surface area contributed by atoms with Crippen LogP contribution in [0.5, 0.6) is 0 Å². The number of aliphatic carboxylic acids is 1. The monoisotopic (exact) mass is 837 g/mol. The Morgan fingerprint density at radius 2 is 1.69 bits per heavy atom. The van der Waals surface area contributed by atoms with Gasteiger partial charge in [-0.25, -0.2) is 0 Å². The van der Waals surface area contributed by atoms with Crippen LogP contribution in [-0.4, -0.2) is 84.5 Å². The Labute approximate surface area is 359 Å². The molecule has 0 radical (unpaired) electrons. The van der Waals surface area contributed by atoms with E-state index in [9.17, 15) is 24.3 Å². The number of benzene rings is 1. The normalized spacial score (nSPS) is 34.9. The second-order valence-corrected chi connectivity index (χ2v) is 21.9. The first-order valence-corrected chi connectivity index (χ1v) is 22.9. The van der Waals surface area contributed by atoms with Crippen molar-refractivity contribution in [2.45, 2.75) is 145 Å². The molecule has 59 heavy (non-hydrogen) atoms. The van der Waals surface area contributed by atoms with Gasteiger partial charge in [0, 0.05) is 50.0 Å². The minimum Gasteiger partial charge on any atom is -0.481 e. The number of likely N-dealkylation sites (N-methyl/N-ethyl adjacent to an activating group) is 1. The number of hydrogen-bond acceptors (Lipinski definition) is 8. The number of carboxylic acids is 1. The molecule has 0 spiro atoms. The van der Waals surface area contributed by atoms with E-state index in [2.05, 4.69) is 71.5 Å². The maximum absolute atomic E-state index is 14.5.